The third-order valence-corrected chi connectivity index (χ3v) is 6.10. The van der Waals surface area contributed by atoms with Gasteiger partial charge in [0.1, 0.15) is 9.71 Å². The summed E-state index contributed by atoms with van der Waals surface area (Å²) in [4.78, 5) is 41.2. The number of thiazole rings is 1. The van der Waals surface area contributed by atoms with Crippen LogP contribution in [0.2, 0.25) is 0 Å². The number of benzene rings is 1. The number of thiophene rings is 1. The zero-order valence-corrected chi connectivity index (χ0v) is 16.0. The number of esters is 1. The Morgan fingerprint density at radius 3 is 2.35 bits per heavy atom. The predicted octanol–water partition coefficient (Wildman–Crippen LogP) is 4.30. The Morgan fingerprint density at radius 2 is 1.77 bits per heavy atom. The van der Waals surface area contributed by atoms with Gasteiger partial charge < -0.3 is 4.74 Å². The molecule has 0 aliphatic heterocycles. The first-order valence-corrected chi connectivity index (χ1v) is 9.53. The van der Waals surface area contributed by atoms with Gasteiger partial charge in [-0.2, -0.15) is 0 Å². The van der Waals surface area contributed by atoms with E-state index in [4.69, 9.17) is 4.74 Å². The molecule has 0 bridgehead atoms. The van der Waals surface area contributed by atoms with Gasteiger partial charge in [0.15, 0.2) is 10.9 Å². The number of ketones is 1. The number of Topliss-reactive ketones (excluding diaryl/α,β-unsaturated/α-hetero) is 1. The summed E-state index contributed by atoms with van der Waals surface area (Å²) in [5.41, 5.74) is 1.81. The SMILES string of the molecule is CCOC(=O)c1sc2nc(NC(=O)c3ccc(C(C)=O)cc3)sc2c1C. The van der Waals surface area contributed by atoms with E-state index in [-0.39, 0.29) is 17.7 Å². The standard InChI is InChI=1S/C18H16N2O4S2/c1-4-24-17(23)14-9(2)13-16(25-14)20-18(26-13)19-15(22)12-7-5-11(6-8-12)10(3)21/h5-8H,4H2,1-3H3,(H,19,20,22). The topological polar surface area (TPSA) is 85.4 Å². The highest BCUT2D eigenvalue weighted by Crippen LogP contribution is 2.37. The van der Waals surface area contributed by atoms with E-state index in [0.29, 0.717) is 32.6 Å². The first-order valence-electron chi connectivity index (χ1n) is 7.90. The van der Waals surface area contributed by atoms with Gasteiger partial charge >= 0.3 is 5.97 Å². The Balaban J connectivity index is 1.79. The Hall–Kier alpha value is -2.58. The maximum atomic E-state index is 12.3. The number of carbonyl (C=O) groups is 3. The highest BCUT2D eigenvalue weighted by atomic mass is 32.1. The van der Waals surface area contributed by atoms with Crippen LogP contribution in [-0.2, 0) is 4.74 Å². The summed E-state index contributed by atoms with van der Waals surface area (Å²) in [5.74, 6) is -0.703. The maximum Gasteiger partial charge on any atom is 0.348 e. The normalized spacial score (nSPS) is 10.7. The van der Waals surface area contributed by atoms with E-state index in [1.165, 1.54) is 29.6 Å². The first kappa shape index (κ1) is 18.2. The molecular formula is C18H16N2O4S2. The predicted molar refractivity (Wildman–Crippen MR) is 103 cm³/mol. The lowest BCUT2D eigenvalue weighted by Crippen LogP contribution is -2.11. The van der Waals surface area contributed by atoms with Crippen molar-refractivity contribution in [3.8, 4) is 0 Å². The van der Waals surface area contributed by atoms with Crippen LogP contribution in [0.5, 0.6) is 0 Å². The zero-order valence-electron chi connectivity index (χ0n) is 14.4. The minimum atomic E-state index is -0.351. The van der Waals surface area contributed by atoms with Crippen LogP contribution >= 0.6 is 22.7 Å². The number of hydrogen-bond acceptors (Lipinski definition) is 7. The van der Waals surface area contributed by atoms with Crippen molar-refractivity contribution in [2.75, 3.05) is 11.9 Å². The Kier molecular flexibility index (Phi) is 5.15. The van der Waals surface area contributed by atoms with Crippen molar-refractivity contribution in [1.29, 1.82) is 0 Å². The van der Waals surface area contributed by atoms with Gasteiger partial charge in [-0.05, 0) is 38.5 Å². The van der Waals surface area contributed by atoms with Gasteiger partial charge in [0, 0.05) is 11.1 Å². The maximum absolute atomic E-state index is 12.3. The molecule has 2 heterocycles. The summed E-state index contributed by atoms with van der Waals surface area (Å²) < 4.78 is 5.90. The van der Waals surface area contributed by atoms with Gasteiger partial charge in [0.25, 0.3) is 5.91 Å². The van der Waals surface area contributed by atoms with Gasteiger partial charge in [-0.3, -0.25) is 14.9 Å². The molecule has 3 rings (SSSR count). The highest BCUT2D eigenvalue weighted by molar-refractivity contribution is 7.30. The summed E-state index contributed by atoms with van der Waals surface area (Å²) in [7, 11) is 0. The van der Waals surface area contributed by atoms with Crippen LogP contribution in [0.1, 0.15) is 49.8 Å². The molecule has 26 heavy (non-hydrogen) atoms. The number of anilines is 1. The fraction of sp³-hybridized carbons (Fsp3) is 0.222. The van der Waals surface area contributed by atoms with E-state index in [2.05, 4.69) is 10.3 Å². The molecule has 134 valence electrons. The van der Waals surface area contributed by atoms with E-state index < -0.39 is 0 Å². The number of aromatic nitrogens is 1. The van der Waals surface area contributed by atoms with Crippen molar-refractivity contribution in [2.45, 2.75) is 20.8 Å². The third kappa shape index (κ3) is 3.51. The van der Waals surface area contributed by atoms with Crippen molar-refractivity contribution in [2.24, 2.45) is 0 Å². The number of amides is 1. The van der Waals surface area contributed by atoms with Crippen LogP contribution in [0.3, 0.4) is 0 Å². The number of ether oxygens (including phenoxy) is 1. The van der Waals surface area contributed by atoms with Crippen LogP contribution in [0.4, 0.5) is 5.13 Å². The van der Waals surface area contributed by atoms with Crippen LogP contribution in [0, 0.1) is 6.92 Å². The summed E-state index contributed by atoms with van der Waals surface area (Å²) in [5, 5.41) is 3.22. The van der Waals surface area contributed by atoms with Gasteiger partial charge in [-0.15, -0.1) is 11.3 Å². The number of nitrogens with one attached hydrogen (secondary N) is 1. The molecule has 1 amide bonds. The summed E-state index contributed by atoms with van der Waals surface area (Å²) in [6.07, 6.45) is 0. The summed E-state index contributed by atoms with van der Waals surface area (Å²) in [6.45, 7) is 5.40. The van der Waals surface area contributed by atoms with Crippen LogP contribution in [-0.4, -0.2) is 29.3 Å². The van der Waals surface area contributed by atoms with Crippen molar-refractivity contribution in [1.82, 2.24) is 4.98 Å². The van der Waals surface area contributed by atoms with Gasteiger partial charge in [-0.1, -0.05) is 23.5 Å². The fourth-order valence-electron chi connectivity index (χ4n) is 2.36. The Morgan fingerprint density at radius 1 is 1.12 bits per heavy atom. The summed E-state index contributed by atoms with van der Waals surface area (Å²) >= 11 is 2.57. The largest absolute Gasteiger partial charge is 0.462 e. The number of fused-ring (bicyclic) bond motifs is 1. The van der Waals surface area contributed by atoms with Crippen molar-refractivity contribution in [3.05, 3.63) is 45.8 Å². The third-order valence-electron chi connectivity index (χ3n) is 3.71. The van der Waals surface area contributed by atoms with Gasteiger partial charge in [0.2, 0.25) is 0 Å². The molecule has 2 aromatic heterocycles. The van der Waals surface area contributed by atoms with Crippen molar-refractivity contribution >= 4 is 55.0 Å². The molecule has 0 radical (unpaired) electrons. The van der Waals surface area contributed by atoms with Gasteiger partial charge in [0.05, 0.1) is 11.3 Å². The average molecular weight is 388 g/mol. The molecule has 0 saturated heterocycles. The minimum absolute atomic E-state index is 0.0509. The molecule has 0 aliphatic rings. The number of carbonyl (C=O) groups excluding carboxylic acids is 3. The van der Waals surface area contributed by atoms with Gasteiger partial charge in [-0.25, -0.2) is 9.78 Å². The first-order chi connectivity index (χ1) is 12.4. The quantitative estimate of drug-likeness (QED) is 0.520. The molecule has 0 spiro atoms. The molecule has 8 heteroatoms. The molecule has 0 atom stereocenters. The molecule has 0 aliphatic carbocycles. The Bertz CT molecular complexity index is 1000. The molecule has 0 unspecified atom stereocenters. The summed E-state index contributed by atoms with van der Waals surface area (Å²) in [6, 6.07) is 6.44. The zero-order chi connectivity index (χ0) is 18.8. The second kappa shape index (κ2) is 7.35. The molecule has 6 nitrogen and oxygen atoms in total. The molecule has 1 N–H and O–H groups in total. The average Bonchev–Trinajstić information content (AvgIpc) is 3.14. The second-order valence-electron chi connectivity index (χ2n) is 5.52. The lowest BCUT2D eigenvalue weighted by atomic mass is 10.1. The molecule has 0 fully saturated rings. The lowest BCUT2D eigenvalue weighted by molar-refractivity contribution is 0.0531. The van der Waals surface area contributed by atoms with Crippen LogP contribution in [0.15, 0.2) is 24.3 Å². The molecular weight excluding hydrogens is 372 g/mol. The van der Waals surface area contributed by atoms with E-state index in [1.54, 1.807) is 31.2 Å². The van der Waals surface area contributed by atoms with E-state index in [1.807, 2.05) is 6.92 Å². The fourth-order valence-corrected chi connectivity index (χ4v) is 4.57. The molecule has 3 aromatic rings. The lowest BCUT2D eigenvalue weighted by Gasteiger charge is -2.02. The number of rotatable bonds is 5. The van der Waals surface area contributed by atoms with Crippen LogP contribution in [0.25, 0.3) is 9.53 Å². The second-order valence-corrected chi connectivity index (χ2v) is 7.52. The number of hydrogen-bond donors (Lipinski definition) is 1. The number of nitrogens with zero attached hydrogens (tertiary/aromatic N) is 1. The van der Waals surface area contributed by atoms with Crippen molar-refractivity contribution < 1.29 is 19.1 Å². The monoisotopic (exact) mass is 388 g/mol. The van der Waals surface area contributed by atoms with E-state index in [0.717, 1.165) is 10.3 Å². The van der Waals surface area contributed by atoms with Crippen molar-refractivity contribution in [3.63, 3.8) is 0 Å². The van der Waals surface area contributed by atoms with E-state index >= 15 is 0 Å². The number of aryl methyl sites for hydroxylation is 1. The minimum Gasteiger partial charge on any atom is -0.462 e. The molecule has 0 saturated carbocycles. The highest BCUT2D eigenvalue weighted by Gasteiger charge is 2.20. The van der Waals surface area contributed by atoms with E-state index in [9.17, 15) is 14.4 Å². The van der Waals surface area contributed by atoms with Crippen LogP contribution < -0.4 is 5.32 Å². The Labute approximate surface area is 157 Å². The molecule has 1 aromatic carbocycles. The smallest absolute Gasteiger partial charge is 0.348 e.